The molecule has 134 valence electrons. The maximum absolute atomic E-state index is 12.8. The predicted molar refractivity (Wildman–Crippen MR) is 101 cm³/mol. The Morgan fingerprint density at radius 1 is 1.12 bits per heavy atom. The minimum absolute atomic E-state index is 0.316. The third kappa shape index (κ3) is 5.43. The van der Waals surface area contributed by atoms with Crippen LogP contribution in [0, 0.1) is 0 Å². The monoisotopic (exact) mass is 359 g/mol. The van der Waals surface area contributed by atoms with E-state index in [1.165, 1.54) is 4.90 Å². The molecule has 0 saturated heterocycles. The molecule has 0 bridgehead atoms. The second-order valence-electron chi connectivity index (χ2n) is 7.28. The zero-order valence-corrected chi connectivity index (χ0v) is 16.0. The van der Waals surface area contributed by atoms with E-state index in [2.05, 4.69) is 0 Å². The minimum Gasteiger partial charge on any atom is -0.444 e. The van der Waals surface area contributed by atoms with E-state index in [1.807, 2.05) is 68.6 Å². The summed E-state index contributed by atoms with van der Waals surface area (Å²) in [6.07, 6.45) is 0.822. The van der Waals surface area contributed by atoms with Gasteiger partial charge in [0.15, 0.2) is 0 Å². The molecule has 0 spiro atoms. The maximum Gasteiger partial charge on any atom is 0.411 e. The Labute approximate surface area is 153 Å². The number of benzene rings is 1. The van der Waals surface area contributed by atoms with Gasteiger partial charge in [-0.2, -0.15) is 0 Å². The second-order valence-corrected chi connectivity index (χ2v) is 8.32. The lowest BCUT2D eigenvalue weighted by Crippen LogP contribution is -2.53. The van der Waals surface area contributed by atoms with Crippen LogP contribution in [0.5, 0.6) is 0 Å². The van der Waals surface area contributed by atoms with Crippen LogP contribution in [0.2, 0.25) is 0 Å². The highest BCUT2D eigenvalue weighted by molar-refractivity contribution is 7.09. The fraction of sp³-hybridized carbons (Fsp3) is 0.400. The number of carbonyl (C=O) groups is 2. The average Bonchev–Trinajstić information content (AvgIpc) is 3.04. The average molecular weight is 359 g/mol. The van der Waals surface area contributed by atoms with Gasteiger partial charge < -0.3 is 9.53 Å². The fourth-order valence-electron chi connectivity index (χ4n) is 2.50. The Morgan fingerprint density at radius 3 is 2.32 bits per heavy atom. The van der Waals surface area contributed by atoms with Crippen molar-refractivity contribution in [2.75, 3.05) is 0 Å². The van der Waals surface area contributed by atoms with Gasteiger partial charge >= 0.3 is 6.09 Å². The SMILES string of the molecule is CC(C)(C)OC(=O)N(Cc1ccccc1)[C@@](C)(C=O)Cc1cccs1. The quantitative estimate of drug-likeness (QED) is 0.703. The van der Waals surface area contributed by atoms with Crippen molar-refractivity contribution >= 4 is 23.7 Å². The van der Waals surface area contributed by atoms with E-state index in [9.17, 15) is 9.59 Å². The van der Waals surface area contributed by atoms with Gasteiger partial charge in [0.2, 0.25) is 0 Å². The summed E-state index contributed by atoms with van der Waals surface area (Å²) in [7, 11) is 0. The first-order valence-corrected chi connectivity index (χ1v) is 9.15. The van der Waals surface area contributed by atoms with Gasteiger partial charge in [-0.1, -0.05) is 36.4 Å². The molecule has 0 saturated carbocycles. The summed E-state index contributed by atoms with van der Waals surface area (Å²) >= 11 is 1.58. The number of hydrogen-bond acceptors (Lipinski definition) is 4. The Balaban J connectivity index is 2.33. The van der Waals surface area contributed by atoms with Crippen molar-refractivity contribution in [3.8, 4) is 0 Å². The molecule has 1 atom stereocenters. The Hall–Kier alpha value is -2.14. The predicted octanol–water partition coefficient (Wildman–Crippen LogP) is 4.69. The van der Waals surface area contributed by atoms with Gasteiger partial charge in [0, 0.05) is 11.3 Å². The van der Waals surface area contributed by atoms with E-state index in [-0.39, 0.29) is 0 Å². The zero-order chi connectivity index (χ0) is 18.5. The number of amides is 1. The van der Waals surface area contributed by atoms with Crippen molar-refractivity contribution < 1.29 is 14.3 Å². The number of hydrogen-bond donors (Lipinski definition) is 0. The molecule has 0 aliphatic heterocycles. The van der Waals surface area contributed by atoms with Crippen LogP contribution in [-0.2, 0) is 22.5 Å². The van der Waals surface area contributed by atoms with E-state index in [1.54, 1.807) is 18.3 Å². The van der Waals surface area contributed by atoms with Gasteiger partial charge in [-0.15, -0.1) is 11.3 Å². The molecule has 0 radical (unpaired) electrons. The third-order valence-electron chi connectivity index (χ3n) is 3.78. The number of carbonyl (C=O) groups excluding carboxylic acids is 2. The lowest BCUT2D eigenvalue weighted by molar-refractivity contribution is -0.118. The fourth-order valence-corrected chi connectivity index (χ4v) is 3.37. The largest absolute Gasteiger partial charge is 0.444 e. The summed E-state index contributed by atoms with van der Waals surface area (Å²) in [5.41, 5.74) is -0.658. The number of rotatable bonds is 6. The van der Waals surface area contributed by atoms with Crippen molar-refractivity contribution in [3.05, 3.63) is 58.3 Å². The molecule has 2 aromatic rings. The molecule has 0 aliphatic rings. The smallest absolute Gasteiger partial charge is 0.411 e. The van der Waals surface area contributed by atoms with E-state index in [0.29, 0.717) is 13.0 Å². The Morgan fingerprint density at radius 2 is 1.80 bits per heavy atom. The standard InChI is InChI=1S/C20H25NO3S/c1-19(2,3)24-18(23)21(14-16-9-6-5-7-10-16)20(4,15-22)13-17-11-8-12-25-17/h5-12,15H,13-14H2,1-4H3/t20-/m1/s1. The minimum atomic E-state index is -0.983. The Bertz CT molecular complexity index is 691. The molecular weight excluding hydrogens is 334 g/mol. The normalized spacial score (nSPS) is 13.8. The third-order valence-corrected chi connectivity index (χ3v) is 4.66. The van der Waals surface area contributed by atoms with Gasteiger partial charge in [0.25, 0.3) is 0 Å². The molecule has 25 heavy (non-hydrogen) atoms. The Kier molecular flexibility index (Phi) is 6.01. The van der Waals surface area contributed by atoms with Crippen molar-refractivity contribution in [2.45, 2.75) is 51.8 Å². The van der Waals surface area contributed by atoms with E-state index in [4.69, 9.17) is 4.74 Å². The molecule has 4 nitrogen and oxygen atoms in total. The van der Waals surface area contributed by atoms with Gasteiger partial charge in [-0.25, -0.2) is 4.79 Å². The van der Waals surface area contributed by atoms with Crippen molar-refractivity contribution in [2.24, 2.45) is 0 Å². The lowest BCUT2D eigenvalue weighted by Gasteiger charge is -2.38. The van der Waals surface area contributed by atoms with Crippen molar-refractivity contribution in [1.82, 2.24) is 4.90 Å². The summed E-state index contributed by atoms with van der Waals surface area (Å²) in [5.74, 6) is 0. The highest BCUT2D eigenvalue weighted by Crippen LogP contribution is 2.26. The molecule has 1 amide bonds. The van der Waals surface area contributed by atoms with E-state index < -0.39 is 17.2 Å². The summed E-state index contributed by atoms with van der Waals surface area (Å²) in [5, 5.41) is 1.97. The number of aldehydes is 1. The molecular formula is C20H25NO3S. The first kappa shape index (κ1) is 19.2. The summed E-state index contributed by atoms with van der Waals surface area (Å²) in [6, 6.07) is 13.6. The highest BCUT2D eigenvalue weighted by atomic mass is 32.1. The zero-order valence-electron chi connectivity index (χ0n) is 15.2. The lowest BCUT2D eigenvalue weighted by atomic mass is 9.95. The summed E-state index contributed by atoms with van der Waals surface area (Å²) < 4.78 is 5.57. The first-order chi connectivity index (χ1) is 11.7. The van der Waals surface area contributed by atoms with Crippen LogP contribution >= 0.6 is 11.3 Å². The van der Waals surface area contributed by atoms with E-state index in [0.717, 1.165) is 16.7 Å². The first-order valence-electron chi connectivity index (χ1n) is 8.27. The van der Waals surface area contributed by atoms with Crippen LogP contribution in [0.4, 0.5) is 4.79 Å². The molecule has 0 N–H and O–H groups in total. The number of nitrogens with zero attached hydrogens (tertiary/aromatic N) is 1. The molecule has 0 unspecified atom stereocenters. The molecule has 1 aromatic heterocycles. The van der Waals surface area contributed by atoms with Crippen LogP contribution in [0.1, 0.15) is 38.1 Å². The molecule has 1 aromatic carbocycles. The highest BCUT2D eigenvalue weighted by Gasteiger charge is 2.38. The van der Waals surface area contributed by atoms with Crippen LogP contribution in [-0.4, -0.2) is 28.4 Å². The van der Waals surface area contributed by atoms with Gasteiger partial charge in [0.05, 0.1) is 6.54 Å². The summed E-state index contributed by atoms with van der Waals surface area (Å²) in [6.45, 7) is 7.57. The summed E-state index contributed by atoms with van der Waals surface area (Å²) in [4.78, 5) is 27.4. The number of thiophene rings is 1. The maximum atomic E-state index is 12.8. The van der Waals surface area contributed by atoms with Crippen LogP contribution < -0.4 is 0 Å². The second kappa shape index (κ2) is 7.83. The molecule has 0 fully saturated rings. The number of ether oxygens (including phenoxy) is 1. The topological polar surface area (TPSA) is 46.6 Å². The van der Waals surface area contributed by atoms with Gasteiger partial charge in [0.1, 0.15) is 17.4 Å². The van der Waals surface area contributed by atoms with Gasteiger partial charge in [-0.05, 0) is 44.7 Å². The molecule has 5 heteroatoms. The van der Waals surface area contributed by atoms with Crippen LogP contribution in [0.3, 0.4) is 0 Å². The van der Waals surface area contributed by atoms with Crippen LogP contribution in [0.25, 0.3) is 0 Å². The molecule has 0 aliphatic carbocycles. The van der Waals surface area contributed by atoms with Crippen LogP contribution in [0.15, 0.2) is 47.8 Å². The van der Waals surface area contributed by atoms with Crippen molar-refractivity contribution in [1.29, 1.82) is 0 Å². The van der Waals surface area contributed by atoms with Gasteiger partial charge in [-0.3, -0.25) is 4.90 Å². The molecule has 2 rings (SSSR count). The van der Waals surface area contributed by atoms with E-state index >= 15 is 0 Å². The molecule has 1 heterocycles. The van der Waals surface area contributed by atoms with Crippen molar-refractivity contribution in [3.63, 3.8) is 0 Å².